The maximum atomic E-state index is 7.10. The van der Waals surface area contributed by atoms with Crippen molar-refractivity contribution in [2.24, 2.45) is 0 Å². The van der Waals surface area contributed by atoms with E-state index in [1.807, 2.05) is 0 Å². The van der Waals surface area contributed by atoms with Crippen LogP contribution in [-0.4, -0.2) is 23.4 Å². The van der Waals surface area contributed by atoms with Gasteiger partial charge in [-0.3, -0.25) is 0 Å². The fourth-order valence-corrected chi connectivity index (χ4v) is 7.81. The highest BCUT2D eigenvalue weighted by Crippen LogP contribution is 2.49. The zero-order chi connectivity index (χ0) is 30.2. The van der Waals surface area contributed by atoms with Crippen LogP contribution in [0.15, 0.2) is 91.5 Å². The van der Waals surface area contributed by atoms with E-state index in [0.717, 1.165) is 39.9 Å². The van der Waals surface area contributed by atoms with Crippen LogP contribution < -0.4 is 4.90 Å². The first-order valence-electron chi connectivity index (χ1n) is 15.5. The second-order valence-electron chi connectivity index (χ2n) is 12.9. The molecule has 0 amide bonds. The lowest BCUT2D eigenvalue weighted by atomic mass is 9.81. The number of allylic oxidation sites excluding steroid dienone is 8. The quantitative estimate of drug-likeness (QED) is 0.235. The molecule has 5 heteroatoms. The predicted molar refractivity (Wildman–Crippen MR) is 189 cm³/mol. The van der Waals surface area contributed by atoms with Crippen LogP contribution in [0.1, 0.15) is 91.2 Å². The van der Waals surface area contributed by atoms with E-state index in [1.165, 1.54) is 70.7 Å². The van der Waals surface area contributed by atoms with Gasteiger partial charge in [-0.05, 0) is 86.2 Å². The minimum Gasteiger partial charge on any atom is -0.344 e. The molecule has 3 aliphatic rings. The lowest BCUT2D eigenvalue weighted by Gasteiger charge is -2.27. The molecule has 0 saturated heterocycles. The van der Waals surface area contributed by atoms with Crippen LogP contribution in [0.2, 0.25) is 0 Å². The van der Waals surface area contributed by atoms with E-state index >= 15 is 0 Å². The third-order valence-corrected chi connectivity index (χ3v) is 10.8. The Morgan fingerprint density at radius 2 is 1.55 bits per heavy atom. The first-order chi connectivity index (χ1) is 20.0. The van der Waals surface area contributed by atoms with Crippen LogP contribution in [0.3, 0.4) is 0 Å². The Hall–Kier alpha value is -1.88. The SMILES string of the molecule is CCCCN1/C(=C/C=C2\CCC(/C=C/C3=[N+](CCCC)c4ccc(Br)cc4C3(C)C)=C2Cl)C(C)(C)c2cc(Br)ccc21. The molecule has 2 aromatic rings. The summed E-state index contributed by atoms with van der Waals surface area (Å²) in [5, 5.41) is 0.913. The number of fused-ring (bicyclic) bond motifs is 2. The summed E-state index contributed by atoms with van der Waals surface area (Å²) in [6.45, 7) is 16.0. The van der Waals surface area contributed by atoms with Crippen molar-refractivity contribution in [1.82, 2.24) is 0 Å². The van der Waals surface area contributed by atoms with Gasteiger partial charge in [-0.1, -0.05) is 96.1 Å². The van der Waals surface area contributed by atoms with Gasteiger partial charge in [0.25, 0.3) is 0 Å². The minimum absolute atomic E-state index is 0.0713. The Balaban J connectivity index is 1.47. The van der Waals surface area contributed by atoms with E-state index in [9.17, 15) is 0 Å². The van der Waals surface area contributed by atoms with E-state index in [1.54, 1.807) is 0 Å². The van der Waals surface area contributed by atoms with Crippen LogP contribution in [-0.2, 0) is 10.8 Å². The predicted octanol–water partition coefficient (Wildman–Crippen LogP) is 11.6. The van der Waals surface area contributed by atoms with E-state index in [0.29, 0.717) is 0 Å². The summed E-state index contributed by atoms with van der Waals surface area (Å²) in [5.41, 5.74) is 10.4. The van der Waals surface area contributed by atoms with Crippen LogP contribution in [0.4, 0.5) is 11.4 Å². The van der Waals surface area contributed by atoms with E-state index < -0.39 is 0 Å². The van der Waals surface area contributed by atoms with E-state index in [2.05, 4.69) is 144 Å². The molecule has 0 unspecified atom stereocenters. The molecule has 0 aromatic heterocycles. The minimum atomic E-state index is -0.0713. The summed E-state index contributed by atoms with van der Waals surface area (Å²) in [5.74, 6) is 0. The number of hydrogen-bond acceptors (Lipinski definition) is 1. The fraction of sp³-hybridized carbons (Fsp3) is 0.432. The highest BCUT2D eigenvalue weighted by molar-refractivity contribution is 9.10. The van der Waals surface area contributed by atoms with Crippen molar-refractivity contribution >= 4 is 60.5 Å². The third-order valence-electron chi connectivity index (χ3n) is 9.29. The Kier molecular flexibility index (Phi) is 9.48. The highest BCUT2D eigenvalue weighted by Gasteiger charge is 2.44. The molecule has 222 valence electrons. The molecule has 0 N–H and O–H groups in total. The standard InChI is InChI=1S/C37H44Br2ClN2/c1-7-9-21-41-31-17-15-27(38)23-29(31)36(3,4)33(41)19-13-25-11-12-26(35(25)40)14-20-34-37(5,6)30-24-28(39)16-18-32(30)42(34)22-10-8-2/h13-20,23-24H,7-12,21-22H2,1-6H3/q+1. The number of benzene rings is 2. The highest BCUT2D eigenvalue weighted by atomic mass is 79.9. The Labute approximate surface area is 275 Å². The second-order valence-corrected chi connectivity index (χ2v) is 15.1. The lowest BCUT2D eigenvalue weighted by molar-refractivity contribution is -0.438. The van der Waals surface area contributed by atoms with Gasteiger partial charge in [0.2, 0.25) is 5.69 Å². The average Bonchev–Trinajstić information content (AvgIpc) is 3.48. The van der Waals surface area contributed by atoms with Gasteiger partial charge >= 0.3 is 0 Å². The van der Waals surface area contributed by atoms with E-state index in [-0.39, 0.29) is 10.8 Å². The van der Waals surface area contributed by atoms with Crippen molar-refractivity contribution in [1.29, 1.82) is 0 Å². The van der Waals surface area contributed by atoms with Crippen molar-refractivity contribution in [3.63, 3.8) is 0 Å². The number of unbranched alkanes of at least 4 members (excludes halogenated alkanes) is 2. The molecule has 2 heterocycles. The molecule has 0 atom stereocenters. The molecular formula is C37H44Br2ClN2+. The van der Waals surface area contributed by atoms with Gasteiger partial charge in [0.05, 0.1) is 5.41 Å². The lowest BCUT2D eigenvalue weighted by Crippen LogP contribution is -2.28. The van der Waals surface area contributed by atoms with E-state index in [4.69, 9.17) is 11.6 Å². The molecule has 0 spiro atoms. The van der Waals surface area contributed by atoms with Gasteiger partial charge in [0, 0.05) is 61.4 Å². The molecule has 5 rings (SSSR count). The fourth-order valence-electron chi connectivity index (χ4n) is 6.78. The Bertz CT molecular complexity index is 1540. The molecule has 0 saturated carbocycles. The zero-order valence-corrected chi connectivity index (χ0v) is 29.9. The first-order valence-corrected chi connectivity index (χ1v) is 17.5. The van der Waals surface area contributed by atoms with Gasteiger partial charge in [-0.25, -0.2) is 0 Å². The van der Waals surface area contributed by atoms with Gasteiger partial charge in [0.15, 0.2) is 5.71 Å². The summed E-state index contributed by atoms with van der Waals surface area (Å²) in [6, 6.07) is 13.4. The van der Waals surface area contributed by atoms with Gasteiger partial charge in [-0.15, -0.1) is 0 Å². The topological polar surface area (TPSA) is 6.25 Å². The van der Waals surface area contributed by atoms with Crippen LogP contribution in [0.5, 0.6) is 0 Å². The summed E-state index contributed by atoms with van der Waals surface area (Å²) in [6.07, 6.45) is 15.9. The maximum absolute atomic E-state index is 7.10. The number of halogens is 3. The van der Waals surface area contributed by atoms with Crippen LogP contribution >= 0.6 is 43.5 Å². The number of rotatable bonds is 9. The maximum Gasteiger partial charge on any atom is 0.209 e. The van der Waals surface area contributed by atoms with Crippen LogP contribution in [0.25, 0.3) is 0 Å². The normalized spacial score (nSPS) is 21.0. The molecule has 2 nitrogen and oxygen atoms in total. The number of nitrogens with zero attached hydrogens (tertiary/aromatic N) is 2. The van der Waals surface area contributed by atoms with Crippen LogP contribution in [0, 0.1) is 0 Å². The second kappa shape index (κ2) is 12.6. The summed E-state index contributed by atoms with van der Waals surface area (Å²) in [4.78, 5) is 2.52. The summed E-state index contributed by atoms with van der Waals surface area (Å²) < 4.78 is 4.79. The third kappa shape index (κ3) is 5.81. The Morgan fingerprint density at radius 1 is 0.857 bits per heavy atom. The number of anilines is 1. The molecule has 0 fully saturated rings. The van der Waals surface area contributed by atoms with Crippen molar-refractivity contribution in [2.45, 2.75) is 90.9 Å². The monoisotopic (exact) mass is 709 g/mol. The molecule has 0 radical (unpaired) electrons. The Morgan fingerprint density at radius 3 is 2.26 bits per heavy atom. The molecule has 42 heavy (non-hydrogen) atoms. The summed E-state index contributed by atoms with van der Waals surface area (Å²) >= 11 is 14.5. The van der Waals surface area contributed by atoms with Gasteiger partial charge in [0.1, 0.15) is 6.54 Å². The molecular weight excluding hydrogens is 668 g/mol. The average molecular weight is 712 g/mol. The van der Waals surface area contributed by atoms with Gasteiger partial charge in [-0.2, -0.15) is 4.58 Å². The summed E-state index contributed by atoms with van der Waals surface area (Å²) in [7, 11) is 0. The van der Waals surface area contributed by atoms with Crippen molar-refractivity contribution < 1.29 is 4.58 Å². The van der Waals surface area contributed by atoms with Crippen molar-refractivity contribution in [2.75, 3.05) is 18.0 Å². The molecule has 0 bridgehead atoms. The molecule has 2 aliphatic heterocycles. The molecule has 2 aromatic carbocycles. The van der Waals surface area contributed by atoms with Crippen molar-refractivity contribution in [3.05, 3.63) is 103 Å². The largest absolute Gasteiger partial charge is 0.344 e. The number of hydrogen-bond donors (Lipinski definition) is 0. The van der Waals surface area contributed by atoms with Gasteiger partial charge < -0.3 is 4.90 Å². The smallest absolute Gasteiger partial charge is 0.209 e. The molecule has 1 aliphatic carbocycles. The van der Waals surface area contributed by atoms with Crippen molar-refractivity contribution in [3.8, 4) is 0 Å². The zero-order valence-electron chi connectivity index (χ0n) is 26.0. The first kappa shape index (κ1) is 31.5.